The minimum atomic E-state index is -1.03. The van der Waals surface area contributed by atoms with E-state index in [1.165, 1.54) is 6.07 Å². The molecular weight excluding hydrogens is 417 g/mol. The Morgan fingerprint density at radius 1 is 1.22 bits per heavy atom. The highest BCUT2D eigenvalue weighted by atomic mass is 127. The summed E-state index contributed by atoms with van der Waals surface area (Å²) in [6.07, 6.45) is 0.141. The number of nitrogens with one attached hydrogen (secondary N) is 2. The van der Waals surface area contributed by atoms with Gasteiger partial charge < -0.3 is 0 Å². The van der Waals surface area contributed by atoms with Crippen LogP contribution in [0.25, 0.3) is 0 Å². The average Bonchev–Trinajstić information content (AvgIpc) is 2.76. The van der Waals surface area contributed by atoms with E-state index >= 15 is 0 Å². The van der Waals surface area contributed by atoms with Gasteiger partial charge in [-0.3, -0.25) is 29.4 Å². The predicted molar refractivity (Wildman–Crippen MR) is 82.8 cm³/mol. The molecule has 1 aromatic carbocycles. The Morgan fingerprint density at radius 3 is 2.57 bits per heavy atom. The number of piperidine rings is 1. The van der Waals surface area contributed by atoms with Crippen molar-refractivity contribution in [3.05, 3.63) is 26.8 Å². The molecule has 2 aliphatic rings. The molecule has 0 radical (unpaired) electrons. The van der Waals surface area contributed by atoms with E-state index in [1.54, 1.807) is 6.07 Å². The lowest BCUT2D eigenvalue weighted by atomic mass is 10.0. The quantitative estimate of drug-likeness (QED) is 0.314. The number of carbonyl (C=O) groups excluding carboxylic acids is 4. The lowest BCUT2D eigenvalue weighted by Crippen LogP contribution is -2.54. The van der Waals surface area contributed by atoms with E-state index < -0.39 is 29.7 Å². The first-order valence-corrected chi connectivity index (χ1v) is 7.65. The number of benzene rings is 1. The van der Waals surface area contributed by atoms with Gasteiger partial charge in [0.25, 0.3) is 11.8 Å². The van der Waals surface area contributed by atoms with E-state index in [-0.39, 0.29) is 29.7 Å². The highest BCUT2D eigenvalue weighted by Crippen LogP contribution is 2.36. The van der Waals surface area contributed by atoms with E-state index in [1.807, 2.05) is 22.6 Å². The van der Waals surface area contributed by atoms with E-state index in [2.05, 4.69) is 15.3 Å². The smallest absolute Gasteiger partial charge is 0.264 e. The molecule has 2 heterocycles. The molecule has 0 aliphatic carbocycles. The van der Waals surface area contributed by atoms with E-state index in [0.717, 1.165) is 4.90 Å². The maximum absolute atomic E-state index is 12.7. The maximum Gasteiger partial charge on any atom is 0.264 e. The molecule has 2 aliphatic heterocycles. The Balaban J connectivity index is 2.09. The van der Waals surface area contributed by atoms with Crippen LogP contribution in [0.3, 0.4) is 0 Å². The third-order valence-corrected chi connectivity index (χ3v) is 4.58. The molecule has 1 atom stereocenters. The first-order valence-electron chi connectivity index (χ1n) is 6.57. The van der Waals surface area contributed by atoms with Crippen LogP contribution in [-0.2, 0) is 9.59 Å². The van der Waals surface area contributed by atoms with Crippen molar-refractivity contribution < 1.29 is 19.2 Å². The molecule has 0 bridgehead atoms. The van der Waals surface area contributed by atoms with Gasteiger partial charge in [0.1, 0.15) is 11.6 Å². The second-order valence-corrected chi connectivity index (χ2v) is 6.13. The molecule has 2 N–H and O–H groups in total. The van der Waals surface area contributed by atoms with Gasteiger partial charge in [-0.25, -0.2) is 0 Å². The Morgan fingerprint density at radius 2 is 1.91 bits per heavy atom. The van der Waals surface area contributed by atoms with Crippen molar-refractivity contribution in [2.24, 2.45) is 5.11 Å². The van der Waals surface area contributed by atoms with Gasteiger partial charge in [0, 0.05) is 9.99 Å². The monoisotopic (exact) mass is 426 g/mol. The van der Waals surface area contributed by atoms with Crippen molar-refractivity contribution in [1.29, 1.82) is 5.53 Å². The molecule has 1 aromatic rings. The normalized spacial score (nSPS) is 20.2. The summed E-state index contributed by atoms with van der Waals surface area (Å²) in [5.74, 6) is -2.37. The van der Waals surface area contributed by atoms with Gasteiger partial charge in [-0.15, -0.1) is 0 Å². The van der Waals surface area contributed by atoms with Gasteiger partial charge in [-0.05, 0) is 41.1 Å². The number of halogens is 1. The van der Waals surface area contributed by atoms with Crippen LogP contribution in [-0.4, -0.2) is 34.6 Å². The molecule has 1 saturated heterocycles. The zero-order valence-corrected chi connectivity index (χ0v) is 13.7. The van der Waals surface area contributed by atoms with Crippen LogP contribution in [0, 0.1) is 9.10 Å². The van der Waals surface area contributed by atoms with Gasteiger partial charge in [-0.1, -0.05) is 0 Å². The lowest BCUT2D eigenvalue weighted by Gasteiger charge is -2.27. The average molecular weight is 426 g/mol. The second kappa shape index (κ2) is 5.63. The highest BCUT2D eigenvalue weighted by molar-refractivity contribution is 14.1. The van der Waals surface area contributed by atoms with Gasteiger partial charge >= 0.3 is 0 Å². The highest BCUT2D eigenvalue weighted by Gasteiger charge is 2.47. The zero-order valence-electron chi connectivity index (χ0n) is 11.5. The number of fused-ring (bicyclic) bond motifs is 1. The topological polar surface area (TPSA) is 134 Å². The standard InChI is InChI=1S/C13H8IN5O4/c14-5-1-2-6(17-18-15)10-9(5)12(22)19(13(10)23)7-3-4-8(20)16-11(7)21/h1-2,7,15H,3-4H2/p+1. The fourth-order valence-electron chi connectivity index (χ4n) is 2.67. The number of amides is 4. The SMILES string of the molecule is N=[N+]=Nc1ccc(I)c2c1C(=O)N(C1CCC(=O)NC1=O)C2=O. The summed E-state index contributed by atoms with van der Waals surface area (Å²) in [4.78, 5) is 52.3. The number of hydrogen-bond donors (Lipinski definition) is 2. The molecule has 1 fully saturated rings. The van der Waals surface area contributed by atoms with E-state index in [0.29, 0.717) is 3.57 Å². The largest absolute Gasteiger partial charge is 0.295 e. The molecule has 3 rings (SSSR count). The van der Waals surface area contributed by atoms with Crippen LogP contribution in [0.1, 0.15) is 33.6 Å². The number of rotatable bonds is 2. The molecular formula is C13H9IN5O4+. The van der Waals surface area contributed by atoms with Crippen molar-refractivity contribution in [3.8, 4) is 0 Å². The summed E-state index contributed by atoms with van der Waals surface area (Å²) in [7, 11) is 0. The number of imide groups is 2. The number of carbonyl (C=O) groups is 4. The minimum Gasteiger partial charge on any atom is -0.295 e. The minimum absolute atomic E-state index is 0.0302. The molecule has 1 unspecified atom stereocenters. The van der Waals surface area contributed by atoms with Crippen LogP contribution in [0.5, 0.6) is 0 Å². The molecule has 10 heteroatoms. The van der Waals surface area contributed by atoms with Crippen molar-refractivity contribution >= 4 is 51.9 Å². The van der Waals surface area contributed by atoms with Crippen molar-refractivity contribution in [2.75, 3.05) is 0 Å². The van der Waals surface area contributed by atoms with Crippen LogP contribution in [0.4, 0.5) is 5.69 Å². The fourth-order valence-corrected chi connectivity index (χ4v) is 3.35. The molecule has 23 heavy (non-hydrogen) atoms. The van der Waals surface area contributed by atoms with Crippen molar-refractivity contribution in [3.63, 3.8) is 0 Å². The van der Waals surface area contributed by atoms with Crippen molar-refractivity contribution in [2.45, 2.75) is 18.9 Å². The van der Waals surface area contributed by atoms with E-state index in [4.69, 9.17) is 5.53 Å². The van der Waals surface area contributed by atoms with Crippen LogP contribution < -0.4 is 10.2 Å². The predicted octanol–water partition coefficient (Wildman–Crippen LogP) is 0.874. The number of nitrogens with zero attached hydrogens (tertiary/aromatic N) is 3. The molecule has 116 valence electrons. The summed E-state index contributed by atoms with van der Waals surface area (Å²) in [6.45, 7) is 0. The van der Waals surface area contributed by atoms with E-state index in [9.17, 15) is 19.2 Å². The first-order chi connectivity index (χ1) is 11.0. The Labute approximate surface area is 142 Å². The summed E-state index contributed by atoms with van der Waals surface area (Å²) >= 11 is 1.91. The summed E-state index contributed by atoms with van der Waals surface area (Å²) < 4.78 is 0.537. The van der Waals surface area contributed by atoms with Gasteiger partial charge in [-0.2, -0.15) is 0 Å². The lowest BCUT2D eigenvalue weighted by molar-refractivity contribution is -0.136. The zero-order chi connectivity index (χ0) is 16.7. The summed E-state index contributed by atoms with van der Waals surface area (Å²) in [5.41, 5.74) is 7.09. The number of hydrogen-bond acceptors (Lipinski definition) is 6. The first kappa shape index (κ1) is 15.4. The Hall–Kier alpha value is -2.46. The van der Waals surface area contributed by atoms with Crippen LogP contribution in [0.2, 0.25) is 0 Å². The van der Waals surface area contributed by atoms with Gasteiger partial charge in [0.15, 0.2) is 10.8 Å². The third kappa shape index (κ3) is 2.35. The Bertz CT molecular complexity index is 830. The summed E-state index contributed by atoms with van der Waals surface area (Å²) in [6, 6.07) is 2.04. The fraction of sp³-hybridized carbons (Fsp3) is 0.231. The molecule has 4 amide bonds. The molecule has 0 aromatic heterocycles. The molecule has 0 spiro atoms. The van der Waals surface area contributed by atoms with Gasteiger partial charge in [0.05, 0.1) is 11.1 Å². The second-order valence-electron chi connectivity index (χ2n) is 4.96. The summed E-state index contributed by atoms with van der Waals surface area (Å²) in [5, 5.41) is 5.68. The Kier molecular flexibility index (Phi) is 3.78. The van der Waals surface area contributed by atoms with Crippen LogP contribution in [0.15, 0.2) is 17.2 Å². The maximum atomic E-state index is 12.7. The van der Waals surface area contributed by atoms with Crippen LogP contribution >= 0.6 is 22.6 Å². The molecule has 0 saturated carbocycles. The van der Waals surface area contributed by atoms with Crippen molar-refractivity contribution in [1.82, 2.24) is 15.1 Å². The van der Waals surface area contributed by atoms with Gasteiger partial charge in [0.2, 0.25) is 16.7 Å². The third-order valence-electron chi connectivity index (χ3n) is 3.68. The molecule has 9 nitrogen and oxygen atoms in total.